The average Bonchev–Trinajstić information content (AvgIpc) is 2.67. The quantitative estimate of drug-likeness (QED) is 0.774. The van der Waals surface area contributed by atoms with E-state index in [0.29, 0.717) is 19.2 Å². The zero-order valence-corrected chi connectivity index (χ0v) is 15.3. The average molecular weight is 361 g/mol. The minimum Gasteiger partial charge on any atom is -1.00 e. The molecule has 4 heteroatoms. The van der Waals surface area contributed by atoms with E-state index in [0.717, 1.165) is 5.75 Å². The van der Waals surface area contributed by atoms with Crippen molar-refractivity contribution in [2.24, 2.45) is 0 Å². The van der Waals surface area contributed by atoms with Crippen molar-refractivity contribution in [3.63, 3.8) is 0 Å². The van der Waals surface area contributed by atoms with Crippen molar-refractivity contribution >= 4 is 0 Å². The van der Waals surface area contributed by atoms with Crippen molar-refractivity contribution in [1.82, 2.24) is 5.32 Å². The highest BCUT2D eigenvalue weighted by atomic mass is 35.5. The highest BCUT2D eigenvalue weighted by molar-refractivity contribution is 5.63. The molecule has 0 radical (unpaired) electrons. The van der Waals surface area contributed by atoms with E-state index < -0.39 is 6.10 Å². The second-order valence-corrected chi connectivity index (χ2v) is 6.60. The molecule has 3 nitrogen and oxygen atoms in total. The van der Waals surface area contributed by atoms with Crippen LogP contribution in [0.3, 0.4) is 0 Å². The van der Waals surface area contributed by atoms with Gasteiger partial charge in [-0.25, -0.2) is 0 Å². The Morgan fingerprint density at radius 3 is 2.24 bits per heavy atom. The van der Waals surface area contributed by atoms with Crippen molar-refractivity contribution in [3.8, 4) is 16.9 Å². The molecule has 3 rings (SSSR count). The van der Waals surface area contributed by atoms with E-state index in [1.54, 1.807) is 0 Å². The SMILES string of the molecule is OC(CNC1CCCCC1)COc1ccc(-c2ccccc2)cc1.[Cl-]. The van der Waals surface area contributed by atoms with Gasteiger partial charge in [0.2, 0.25) is 0 Å². The van der Waals surface area contributed by atoms with E-state index in [1.165, 1.54) is 43.2 Å². The summed E-state index contributed by atoms with van der Waals surface area (Å²) in [6.45, 7) is 0.928. The number of benzene rings is 2. The number of hydrogen-bond donors (Lipinski definition) is 2. The molecule has 0 amide bonds. The number of hydrogen-bond acceptors (Lipinski definition) is 3. The Balaban J connectivity index is 0.00000225. The molecule has 1 atom stereocenters. The van der Waals surface area contributed by atoms with Gasteiger partial charge in [-0.2, -0.15) is 0 Å². The van der Waals surface area contributed by atoms with E-state index in [-0.39, 0.29) is 12.4 Å². The largest absolute Gasteiger partial charge is 1.00 e. The van der Waals surface area contributed by atoms with Crippen LogP contribution >= 0.6 is 0 Å². The number of rotatable bonds is 7. The second-order valence-electron chi connectivity index (χ2n) is 6.60. The fraction of sp³-hybridized carbons (Fsp3) is 0.429. The Kier molecular flexibility index (Phi) is 8.26. The van der Waals surface area contributed by atoms with Crippen LogP contribution in [0, 0.1) is 0 Å². The third-order valence-corrected chi connectivity index (χ3v) is 4.65. The standard InChI is InChI=1S/C21H27NO2.ClH/c23-20(15-22-19-9-5-2-6-10-19)16-24-21-13-11-18(12-14-21)17-7-3-1-4-8-17;/h1,3-4,7-8,11-14,19-20,22-23H,2,5-6,9-10,15-16H2;1H/p-1. The summed E-state index contributed by atoms with van der Waals surface area (Å²) in [6.07, 6.45) is 5.95. The first-order chi connectivity index (χ1) is 11.8. The molecule has 1 aliphatic rings. The Hall–Kier alpha value is -1.55. The minimum absolute atomic E-state index is 0. The van der Waals surface area contributed by atoms with Gasteiger partial charge in [0.05, 0.1) is 0 Å². The number of nitrogens with one attached hydrogen (secondary N) is 1. The van der Waals surface area contributed by atoms with Crippen molar-refractivity contribution in [2.75, 3.05) is 13.2 Å². The Bertz CT molecular complexity index is 597. The first kappa shape index (κ1) is 19.8. The molecule has 0 aliphatic heterocycles. The fourth-order valence-electron chi connectivity index (χ4n) is 3.23. The molecule has 2 N–H and O–H groups in total. The van der Waals surface area contributed by atoms with Gasteiger partial charge in [0.25, 0.3) is 0 Å². The molecule has 136 valence electrons. The van der Waals surface area contributed by atoms with Gasteiger partial charge in [0, 0.05) is 12.6 Å². The molecule has 2 aromatic rings. The molecular weight excluding hydrogens is 334 g/mol. The van der Waals surface area contributed by atoms with E-state index >= 15 is 0 Å². The van der Waals surface area contributed by atoms with Gasteiger partial charge in [-0.1, -0.05) is 61.7 Å². The molecule has 1 fully saturated rings. The predicted octanol–water partition coefficient (Wildman–Crippen LogP) is 1.02. The summed E-state index contributed by atoms with van der Waals surface area (Å²) in [7, 11) is 0. The van der Waals surface area contributed by atoms with Gasteiger partial charge in [0.1, 0.15) is 18.5 Å². The van der Waals surface area contributed by atoms with Crippen molar-refractivity contribution < 1.29 is 22.3 Å². The summed E-state index contributed by atoms with van der Waals surface area (Å²) in [5.74, 6) is 0.798. The van der Waals surface area contributed by atoms with Crippen LogP contribution in [0.15, 0.2) is 54.6 Å². The summed E-state index contributed by atoms with van der Waals surface area (Å²) >= 11 is 0. The van der Waals surface area contributed by atoms with E-state index in [2.05, 4.69) is 29.6 Å². The van der Waals surface area contributed by atoms with Crippen LogP contribution in [0.25, 0.3) is 11.1 Å². The Labute approximate surface area is 156 Å². The van der Waals surface area contributed by atoms with Crippen LogP contribution in [0.1, 0.15) is 32.1 Å². The Morgan fingerprint density at radius 2 is 1.56 bits per heavy atom. The molecule has 0 saturated heterocycles. The summed E-state index contributed by atoms with van der Waals surface area (Å²) in [5.41, 5.74) is 2.36. The molecule has 1 aliphatic carbocycles. The Morgan fingerprint density at radius 1 is 0.920 bits per heavy atom. The first-order valence-electron chi connectivity index (χ1n) is 9.01. The van der Waals surface area contributed by atoms with Crippen molar-refractivity contribution in [3.05, 3.63) is 54.6 Å². The number of halogens is 1. The number of aliphatic hydroxyl groups is 1. The zero-order chi connectivity index (χ0) is 16.6. The molecule has 0 bridgehead atoms. The lowest BCUT2D eigenvalue weighted by atomic mass is 9.95. The maximum Gasteiger partial charge on any atom is 0.119 e. The molecule has 1 saturated carbocycles. The molecular formula is C21H27ClNO2-. The lowest BCUT2D eigenvalue weighted by molar-refractivity contribution is -0.00000665. The highest BCUT2D eigenvalue weighted by Gasteiger charge is 2.14. The van der Waals surface area contributed by atoms with E-state index in [4.69, 9.17) is 4.74 Å². The number of aliphatic hydroxyl groups excluding tert-OH is 1. The minimum atomic E-state index is -0.472. The van der Waals surface area contributed by atoms with E-state index in [9.17, 15) is 5.11 Å². The predicted molar refractivity (Wildman–Crippen MR) is 98.3 cm³/mol. The third kappa shape index (κ3) is 6.35. The molecule has 1 unspecified atom stereocenters. The van der Waals surface area contributed by atoms with Crippen LogP contribution in [0.4, 0.5) is 0 Å². The molecule has 0 heterocycles. The third-order valence-electron chi connectivity index (χ3n) is 4.65. The van der Waals surface area contributed by atoms with Gasteiger partial charge >= 0.3 is 0 Å². The van der Waals surface area contributed by atoms with Crippen LogP contribution < -0.4 is 22.5 Å². The van der Waals surface area contributed by atoms with Gasteiger partial charge in [-0.3, -0.25) is 0 Å². The van der Waals surface area contributed by atoms with Crippen LogP contribution in [-0.4, -0.2) is 30.4 Å². The van der Waals surface area contributed by atoms with Crippen molar-refractivity contribution in [2.45, 2.75) is 44.2 Å². The monoisotopic (exact) mass is 360 g/mol. The number of ether oxygens (including phenoxy) is 1. The smallest absolute Gasteiger partial charge is 0.119 e. The molecule has 0 spiro atoms. The van der Waals surface area contributed by atoms with Crippen molar-refractivity contribution in [1.29, 1.82) is 0 Å². The topological polar surface area (TPSA) is 41.5 Å². The highest BCUT2D eigenvalue weighted by Crippen LogP contribution is 2.22. The van der Waals surface area contributed by atoms with Gasteiger partial charge in [-0.15, -0.1) is 0 Å². The van der Waals surface area contributed by atoms with Gasteiger partial charge in [-0.05, 0) is 36.1 Å². The first-order valence-corrected chi connectivity index (χ1v) is 9.01. The molecule has 2 aromatic carbocycles. The summed E-state index contributed by atoms with van der Waals surface area (Å²) in [5, 5.41) is 13.5. The van der Waals surface area contributed by atoms with Gasteiger partial charge in [0.15, 0.2) is 0 Å². The lowest BCUT2D eigenvalue weighted by Crippen LogP contribution is -3.00. The van der Waals surface area contributed by atoms with Crippen LogP contribution in [0.5, 0.6) is 5.75 Å². The zero-order valence-electron chi connectivity index (χ0n) is 14.5. The molecule has 0 aromatic heterocycles. The normalized spacial score (nSPS) is 16.0. The summed E-state index contributed by atoms with van der Waals surface area (Å²) < 4.78 is 5.71. The van der Waals surface area contributed by atoms with Crippen LogP contribution in [0.2, 0.25) is 0 Å². The maximum absolute atomic E-state index is 10.1. The summed E-state index contributed by atoms with van der Waals surface area (Å²) in [6, 6.07) is 18.9. The molecule has 25 heavy (non-hydrogen) atoms. The fourth-order valence-corrected chi connectivity index (χ4v) is 3.23. The van der Waals surface area contributed by atoms with Gasteiger partial charge < -0.3 is 27.6 Å². The maximum atomic E-state index is 10.1. The van der Waals surface area contributed by atoms with Crippen LogP contribution in [-0.2, 0) is 0 Å². The second kappa shape index (κ2) is 10.4. The van der Waals surface area contributed by atoms with E-state index in [1.807, 2.05) is 30.3 Å². The summed E-state index contributed by atoms with van der Waals surface area (Å²) in [4.78, 5) is 0. The lowest BCUT2D eigenvalue weighted by Gasteiger charge is -2.24.